The molecule has 2 fully saturated rings. The van der Waals surface area contributed by atoms with Crippen LogP contribution in [-0.2, 0) is 19.1 Å². The molecule has 0 atom stereocenters. The standard InChI is InChI=1S/C13H22N2O4/c1-18-11(16)10-2-6-15(7-3-10)12(17)13(14)4-8-19-9-5-13/h10H,2-9,14H2,1H3. The van der Waals surface area contributed by atoms with Crippen LogP contribution in [0.25, 0.3) is 0 Å². The monoisotopic (exact) mass is 270 g/mol. The van der Waals surface area contributed by atoms with Crippen LogP contribution in [0.2, 0.25) is 0 Å². The summed E-state index contributed by atoms with van der Waals surface area (Å²) >= 11 is 0. The lowest BCUT2D eigenvalue weighted by Crippen LogP contribution is -2.59. The number of methoxy groups -OCH3 is 1. The van der Waals surface area contributed by atoms with Gasteiger partial charge < -0.3 is 20.1 Å². The normalized spacial score (nSPS) is 24.0. The number of likely N-dealkylation sites (tertiary alicyclic amines) is 1. The minimum absolute atomic E-state index is 0.000819. The number of nitrogens with two attached hydrogens (primary N) is 1. The summed E-state index contributed by atoms with van der Waals surface area (Å²) in [5.74, 6) is -0.266. The molecule has 2 N–H and O–H groups in total. The first-order valence-electron chi connectivity index (χ1n) is 6.80. The molecule has 6 heteroatoms. The van der Waals surface area contributed by atoms with E-state index in [1.165, 1.54) is 7.11 Å². The van der Waals surface area contributed by atoms with Crippen molar-refractivity contribution in [2.24, 2.45) is 11.7 Å². The van der Waals surface area contributed by atoms with Crippen molar-refractivity contribution >= 4 is 11.9 Å². The van der Waals surface area contributed by atoms with Gasteiger partial charge in [-0.2, -0.15) is 0 Å². The fourth-order valence-electron chi connectivity index (χ4n) is 2.75. The van der Waals surface area contributed by atoms with Crippen molar-refractivity contribution in [1.29, 1.82) is 0 Å². The molecule has 0 aromatic carbocycles. The molecule has 0 bridgehead atoms. The Kier molecular flexibility index (Phi) is 4.42. The number of nitrogens with zero attached hydrogens (tertiary/aromatic N) is 1. The fraction of sp³-hybridized carbons (Fsp3) is 0.846. The summed E-state index contributed by atoms with van der Waals surface area (Å²) in [5, 5.41) is 0. The molecule has 0 saturated carbocycles. The number of carbonyl (C=O) groups is 2. The second-order valence-corrected chi connectivity index (χ2v) is 5.36. The highest BCUT2D eigenvalue weighted by atomic mass is 16.5. The molecule has 0 spiro atoms. The van der Waals surface area contributed by atoms with E-state index in [-0.39, 0.29) is 17.8 Å². The minimum atomic E-state index is -0.781. The molecular weight excluding hydrogens is 248 g/mol. The predicted molar refractivity (Wildman–Crippen MR) is 68.3 cm³/mol. The average Bonchev–Trinajstić information content (AvgIpc) is 2.46. The summed E-state index contributed by atoms with van der Waals surface area (Å²) in [7, 11) is 1.40. The molecule has 2 heterocycles. The fourth-order valence-corrected chi connectivity index (χ4v) is 2.75. The van der Waals surface area contributed by atoms with E-state index in [1.54, 1.807) is 4.90 Å². The van der Waals surface area contributed by atoms with Crippen LogP contribution in [0.4, 0.5) is 0 Å². The van der Waals surface area contributed by atoms with Crippen molar-refractivity contribution in [2.45, 2.75) is 31.2 Å². The molecule has 108 valence electrons. The zero-order valence-corrected chi connectivity index (χ0v) is 11.4. The Morgan fingerprint density at radius 2 is 1.84 bits per heavy atom. The first kappa shape index (κ1) is 14.3. The van der Waals surface area contributed by atoms with E-state index in [2.05, 4.69) is 0 Å². The van der Waals surface area contributed by atoms with Gasteiger partial charge in [-0.1, -0.05) is 0 Å². The van der Waals surface area contributed by atoms with Gasteiger partial charge in [0, 0.05) is 26.3 Å². The van der Waals surface area contributed by atoms with Crippen LogP contribution in [0.15, 0.2) is 0 Å². The molecule has 2 aliphatic rings. The van der Waals surface area contributed by atoms with Crippen LogP contribution < -0.4 is 5.73 Å². The Bertz CT molecular complexity index is 345. The van der Waals surface area contributed by atoms with Gasteiger partial charge in [0.15, 0.2) is 0 Å². The minimum Gasteiger partial charge on any atom is -0.469 e. The molecule has 2 rings (SSSR count). The van der Waals surface area contributed by atoms with Gasteiger partial charge in [0.25, 0.3) is 0 Å². The number of amides is 1. The lowest BCUT2D eigenvalue weighted by Gasteiger charge is -2.39. The van der Waals surface area contributed by atoms with Crippen LogP contribution in [0, 0.1) is 5.92 Å². The van der Waals surface area contributed by atoms with Crippen molar-refractivity contribution in [1.82, 2.24) is 4.90 Å². The summed E-state index contributed by atoms with van der Waals surface area (Å²) < 4.78 is 9.99. The van der Waals surface area contributed by atoms with E-state index in [4.69, 9.17) is 15.2 Å². The van der Waals surface area contributed by atoms with Gasteiger partial charge >= 0.3 is 5.97 Å². The highest BCUT2D eigenvalue weighted by Gasteiger charge is 2.40. The van der Waals surface area contributed by atoms with Gasteiger partial charge in [0.05, 0.1) is 18.6 Å². The van der Waals surface area contributed by atoms with Gasteiger partial charge in [-0.15, -0.1) is 0 Å². The number of piperidine rings is 1. The van der Waals surface area contributed by atoms with E-state index in [9.17, 15) is 9.59 Å². The van der Waals surface area contributed by atoms with Crippen molar-refractivity contribution in [3.8, 4) is 0 Å². The van der Waals surface area contributed by atoms with Gasteiger partial charge in [-0.3, -0.25) is 9.59 Å². The van der Waals surface area contributed by atoms with E-state index in [0.29, 0.717) is 52.0 Å². The van der Waals surface area contributed by atoms with Crippen molar-refractivity contribution in [3.63, 3.8) is 0 Å². The number of hydrogen-bond acceptors (Lipinski definition) is 5. The number of ether oxygens (including phenoxy) is 2. The summed E-state index contributed by atoms with van der Waals surface area (Å²) in [6, 6.07) is 0. The number of rotatable bonds is 2. The van der Waals surface area contributed by atoms with Crippen LogP contribution in [0.3, 0.4) is 0 Å². The maximum Gasteiger partial charge on any atom is 0.308 e. The molecule has 0 aromatic heterocycles. The van der Waals surface area contributed by atoms with E-state index in [0.717, 1.165) is 0 Å². The quantitative estimate of drug-likeness (QED) is 0.709. The smallest absolute Gasteiger partial charge is 0.308 e. The van der Waals surface area contributed by atoms with E-state index >= 15 is 0 Å². The second-order valence-electron chi connectivity index (χ2n) is 5.36. The van der Waals surface area contributed by atoms with Crippen molar-refractivity contribution < 1.29 is 19.1 Å². The Labute approximate surface area is 113 Å². The predicted octanol–water partition coefficient (Wildman–Crippen LogP) is -0.0941. The molecule has 6 nitrogen and oxygen atoms in total. The van der Waals surface area contributed by atoms with E-state index in [1.807, 2.05) is 0 Å². The van der Waals surface area contributed by atoms with Gasteiger partial charge in [-0.25, -0.2) is 0 Å². The maximum absolute atomic E-state index is 12.5. The lowest BCUT2D eigenvalue weighted by molar-refractivity contribution is -0.150. The summed E-state index contributed by atoms with van der Waals surface area (Å²) in [4.78, 5) is 25.7. The third-order valence-corrected chi connectivity index (χ3v) is 4.13. The van der Waals surface area contributed by atoms with E-state index < -0.39 is 5.54 Å². The van der Waals surface area contributed by atoms with Gasteiger partial charge in [0.2, 0.25) is 5.91 Å². The summed E-state index contributed by atoms with van der Waals surface area (Å²) in [6.07, 6.45) is 2.46. The molecule has 2 saturated heterocycles. The largest absolute Gasteiger partial charge is 0.469 e. The lowest BCUT2D eigenvalue weighted by atomic mass is 9.88. The number of carbonyl (C=O) groups excluding carboxylic acids is 2. The number of hydrogen-bond donors (Lipinski definition) is 1. The van der Waals surface area contributed by atoms with Crippen molar-refractivity contribution in [3.05, 3.63) is 0 Å². The molecule has 19 heavy (non-hydrogen) atoms. The average molecular weight is 270 g/mol. The third-order valence-electron chi connectivity index (χ3n) is 4.13. The van der Waals surface area contributed by atoms with Crippen LogP contribution in [0.5, 0.6) is 0 Å². The summed E-state index contributed by atoms with van der Waals surface area (Å²) in [6.45, 7) is 2.25. The molecule has 2 aliphatic heterocycles. The highest BCUT2D eigenvalue weighted by Crippen LogP contribution is 2.25. The Morgan fingerprint density at radius 3 is 2.37 bits per heavy atom. The molecular formula is C13H22N2O4. The second kappa shape index (κ2) is 5.88. The summed E-state index contributed by atoms with van der Waals surface area (Å²) in [5.41, 5.74) is 5.41. The molecule has 0 aliphatic carbocycles. The number of esters is 1. The van der Waals surface area contributed by atoms with Crippen LogP contribution in [-0.4, -0.2) is 55.7 Å². The molecule has 0 unspecified atom stereocenters. The zero-order valence-electron chi connectivity index (χ0n) is 11.4. The maximum atomic E-state index is 12.5. The Morgan fingerprint density at radius 1 is 1.26 bits per heavy atom. The molecule has 0 aromatic rings. The van der Waals surface area contributed by atoms with Crippen LogP contribution in [0.1, 0.15) is 25.7 Å². The first-order chi connectivity index (χ1) is 9.07. The Balaban J connectivity index is 1.90. The first-order valence-corrected chi connectivity index (χ1v) is 6.80. The Hall–Kier alpha value is -1.14. The van der Waals surface area contributed by atoms with Gasteiger partial charge in [0.1, 0.15) is 0 Å². The molecule has 1 amide bonds. The zero-order chi connectivity index (χ0) is 13.9. The van der Waals surface area contributed by atoms with Crippen molar-refractivity contribution in [2.75, 3.05) is 33.4 Å². The van der Waals surface area contributed by atoms with Gasteiger partial charge in [-0.05, 0) is 25.7 Å². The highest BCUT2D eigenvalue weighted by molar-refractivity contribution is 5.86. The topological polar surface area (TPSA) is 81.9 Å². The third kappa shape index (κ3) is 3.06. The SMILES string of the molecule is COC(=O)C1CCN(C(=O)C2(N)CCOCC2)CC1. The molecule has 0 radical (unpaired) electrons. The van der Waals surface area contributed by atoms with Crippen LogP contribution >= 0.6 is 0 Å².